The van der Waals surface area contributed by atoms with E-state index < -0.39 is 7.12 Å². The Hall–Kier alpha value is -1.79. The molecule has 1 fully saturated rings. The SMILES string of the molecule is CC1(C)OB(c2cncc(-c3cnccn3)c2)OC1(C)C. The summed E-state index contributed by atoms with van der Waals surface area (Å²) in [6, 6.07) is 1.99. The molecule has 0 saturated carbocycles. The molecule has 2 aromatic rings. The van der Waals surface area contributed by atoms with E-state index in [-0.39, 0.29) is 11.2 Å². The zero-order valence-electron chi connectivity index (χ0n) is 12.7. The Kier molecular flexibility index (Phi) is 3.30. The highest BCUT2D eigenvalue weighted by Crippen LogP contribution is 2.36. The summed E-state index contributed by atoms with van der Waals surface area (Å²) in [4.78, 5) is 12.6. The fraction of sp³-hybridized carbons (Fsp3) is 0.400. The molecule has 2 aromatic heterocycles. The highest BCUT2D eigenvalue weighted by molar-refractivity contribution is 6.62. The first-order valence-corrected chi connectivity index (χ1v) is 6.96. The van der Waals surface area contributed by atoms with Gasteiger partial charge in [0.2, 0.25) is 0 Å². The molecule has 0 aromatic carbocycles. The maximum Gasteiger partial charge on any atom is 0.496 e. The van der Waals surface area contributed by atoms with E-state index in [0.29, 0.717) is 0 Å². The van der Waals surface area contributed by atoms with Crippen LogP contribution >= 0.6 is 0 Å². The number of hydrogen-bond donors (Lipinski definition) is 0. The second kappa shape index (κ2) is 4.89. The van der Waals surface area contributed by atoms with E-state index >= 15 is 0 Å². The third-order valence-corrected chi connectivity index (χ3v) is 4.14. The van der Waals surface area contributed by atoms with Crippen molar-refractivity contribution in [2.45, 2.75) is 38.9 Å². The summed E-state index contributed by atoms with van der Waals surface area (Å²) in [5.74, 6) is 0. The molecule has 0 spiro atoms. The molecule has 0 amide bonds. The predicted molar refractivity (Wildman–Crippen MR) is 81.0 cm³/mol. The van der Waals surface area contributed by atoms with Gasteiger partial charge in [-0.3, -0.25) is 15.0 Å². The summed E-state index contributed by atoms with van der Waals surface area (Å²) in [5.41, 5.74) is 1.84. The van der Waals surface area contributed by atoms with Crippen molar-refractivity contribution >= 4 is 12.6 Å². The summed E-state index contributed by atoms with van der Waals surface area (Å²) in [7, 11) is -0.417. The van der Waals surface area contributed by atoms with Gasteiger partial charge in [0.25, 0.3) is 0 Å². The Morgan fingerprint density at radius 1 is 0.905 bits per heavy atom. The van der Waals surface area contributed by atoms with Crippen molar-refractivity contribution in [2.75, 3.05) is 0 Å². The molecule has 21 heavy (non-hydrogen) atoms. The van der Waals surface area contributed by atoms with Gasteiger partial charge in [0.05, 0.1) is 23.1 Å². The first-order valence-electron chi connectivity index (χ1n) is 6.96. The van der Waals surface area contributed by atoms with Gasteiger partial charge in [0.1, 0.15) is 0 Å². The van der Waals surface area contributed by atoms with Crippen LogP contribution in [0.5, 0.6) is 0 Å². The maximum atomic E-state index is 6.04. The van der Waals surface area contributed by atoms with Crippen LogP contribution in [0.4, 0.5) is 0 Å². The van der Waals surface area contributed by atoms with Crippen LogP contribution in [0.3, 0.4) is 0 Å². The van der Waals surface area contributed by atoms with Crippen molar-refractivity contribution in [1.82, 2.24) is 15.0 Å². The number of nitrogens with zero attached hydrogens (tertiary/aromatic N) is 3. The Labute approximate surface area is 124 Å². The fourth-order valence-corrected chi connectivity index (χ4v) is 2.15. The van der Waals surface area contributed by atoms with Crippen LogP contribution in [-0.2, 0) is 9.31 Å². The van der Waals surface area contributed by atoms with E-state index in [1.807, 2.05) is 33.8 Å². The maximum absolute atomic E-state index is 6.04. The number of pyridine rings is 1. The zero-order chi connectivity index (χ0) is 15.1. The first-order chi connectivity index (χ1) is 9.89. The molecule has 0 aliphatic carbocycles. The lowest BCUT2D eigenvalue weighted by atomic mass is 9.79. The highest BCUT2D eigenvalue weighted by Gasteiger charge is 2.51. The van der Waals surface area contributed by atoms with Gasteiger partial charge < -0.3 is 9.31 Å². The number of aromatic nitrogens is 3. The van der Waals surface area contributed by atoms with Crippen LogP contribution in [0.1, 0.15) is 27.7 Å². The number of rotatable bonds is 2. The summed E-state index contributed by atoms with van der Waals surface area (Å²) in [6.07, 6.45) is 8.55. The van der Waals surface area contributed by atoms with Crippen molar-refractivity contribution in [3.05, 3.63) is 37.1 Å². The molecule has 1 aliphatic heterocycles. The van der Waals surface area contributed by atoms with Crippen LogP contribution in [0.2, 0.25) is 0 Å². The van der Waals surface area contributed by atoms with Crippen molar-refractivity contribution in [3.8, 4) is 11.3 Å². The molecule has 108 valence electrons. The average molecular weight is 283 g/mol. The van der Waals surface area contributed by atoms with Crippen molar-refractivity contribution in [2.24, 2.45) is 0 Å². The largest absolute Gasteiger partial charge is 0.496 e. The molecule has 5 nitrogen and oxygen atoms in total. The molecule has 0 radical (unpaired) electrons. The summed E-state index contributed by atoms with van der Waals surface area (Å²) in [6.45, 7) is 8.14. The van der Waals surface area contributed by atoms with Gasteiger partial charge in [-0.2, -0.15) is 0 Å². The molecule has 0 bridgehead atoms. The Morgan fingerprint density at radius 2 is 1.62 bits per heavy atom. The van der Waals surface area contributed by atoms with E-state index in [9.17, 15) is 0 Å². The molecule has 3 heterocycles. The van der Waals surface area contributed by atoms with E-state index in [0.717, 1.165) is 16.7 Å². The average Bonchev–Trinajstić information content (AvgIpc) is 2.69. The molecule has 6 heteroatoms. The van der Waals surface area contributed by atoms with Crippen LogP contribution in [-0.4, -0.2) is 33.3 Å². The standard InChI is InChI=1S/C15H18BN3O2/c1-14(2)15(3,4)21-16(20-14)12-7-11(8-18-9-12)13-10-17-5-6-19-13/h5-10H,1-4H3. The van der Waals surface area contributed by atoms with E-state index in [2.05, 4.69) is 15.0 Å². The topological polar surface area (TPSA) is 57.1 Å². The van der Waals surface area contributed by atoms with Gasteiger partial charge in [-0.05, 0) is 33.8 Å². The second-order valence-electron chi connectivity index (χ2n) is 6.19. The van der Waals surface area contributed by atoms with Gasteiger partial charge in [-0.15, -0.1) is 0 Å². The minimum absolute atomic E-state index is 0.361. The first kappa shape index (κ1) is 14.2. The van der Waals surface area contributed by atoms with Gasteiger partial charge >= 0.3 is 7.12 Å². The van der Waals surface area contributed by atoms with Crippen LogP contribution in [0.15, 0.2) is 37.1 Å². The monoisotopic (exact) mass is 283 g/mol. The summed E-state index contributed by atoms with van der Waals surface area (Å²) < 4.78 is 12.1. The second-order valence-corrected chi connectivity index (χ2v) is 6.19. The highest BCUT2D eigenvalue weighted by atomic mass is 16.7. The Balaban J connectivity index is 1.92. The molecule has 0 N–H and O–H groups in total. The van der Waals surface area contributed by atoms with E-state index in [4.69, 9.17) is 9.31 Å². The van der Waals surface area contributed by atoms with Crippen LogP contribution in [0, 0.1) is 0 Å². The molecular formula is C15H18BN3O2. The zero-order valence-corrected chi connectivity index (χ0v) is 12.7. The van der Waals surface area contributed by atoms with Crippen molar-refractivity contribution in [3.63, 3.8) is 0 Å². The van der Waals surface area contributed by atoms with Crippen LogP contribution in [0.25, 0.3) is 11.3 Å². The minimum atomic E-state index is -0.417. The molecule has 1 saturated heterocycles. The quantitative estimate of drug-likeness (QED) is 0.787. The van der Waals surface area contributed by atoms with Gasteiger partial charge in [-0.25, -0.2) is 0 Å². The van der Waals surface area contributed by atoms with E-state index in [1.165, 1.54) is 0 Å². The lowest BCUT2D eigenvalue weighted by molar-refractivity contribution is 0.00578. The summed E-state index contributed by atoms with van der Waals surface area (Å²) >= 11 is 0. The molecule has 0 unspecified atom stereocenters. The van der Waals surface area contributed by atoms with Crippen molar-refractivity contribution in [1.29, 1.82) is 0 Å². The normalized spacial score (nSPS) is 19.7. The molecular weight excluding hydrogens is 265 g/mol. The van der Waals surface area contributed by atoms with Crippen molar-refractivity contribution < 1.29 is 9.31 Å². The fourth-order valence-electron chi connectivity index (χ4n) is 2.15. The summed E-state index contributed by atoms with van der Waals surface area (Å²) in [5, 5.41) is 0. The van der Waals surface area contributed by atoms with Crippen LogP contribution < -0.4 is 5.46 Å². The van der Waals surface area contributed by atoms with E-state index in [1.54, 1.807) is 31.0 Å². The molecule has 3 rings (SSSR count). The molecule has 0 atom stereocenters. The molecule has 1 aliphatic rings. The lowest BCUT2D eigenvalue weighted by Crippen LogP contribution is -2.41. The number of hydrogen-bond acceptors (Lipinski definition) is 5. The third kappa shape index (κ3) is 2.56. The lowest BCUT2D eigenvalue weighted by Gasteiger charge is -2.32. The minimum Gasteiger partial charge on any atom is -0.399 e. The Bertz CT molecular complexity index is 630. The van der Waals surface area contributed by atoms with Gasteiger partial charge in [0.15, 0.2) is 0 Å². The Morgan fingerprint density at radius 3 is 2.24 bits per heavy atom. The third-order valence-electron chi connectivity index (χ3n) is 4.14. The van der Waals surface area contributed by atoms with Gasteiger partial charge in [0, 0.05) is 35.8 Å². The predicted octanol–water partition coefficient (Wildman–Crippen LogP) is 1.84. The smallest absolute Gasteiger partial charge is 0.399 e. The van der Waals surface area contributed by atoms with Gasteiger partial charge in [-0.1, -0.05) is 0 Å².